The first-order valence-electron chi connectivity index (χ1n) is 4.79. The topological polar surface area (TPSA) is 38.3 Å². The van der Waals surface area contributed by atoms with E-state index in [1.807, 2.05) is 30.3 Å². The number of nitrogens with one attached hydrogen (secondary N) is 1. The molecule has 1 atom stereocenters. The van der Waals surface area contributed by atoms with Crippen molar-refractivity contribution >= 4 is 5.91 Å². The van der Waals surface area contributed by atoms with Crippen molar-refractivity contribution in [2.45, 2.75) is 6.42 Å². The minimum Gasteiger partial charge on any atom is -0.493 e. The Hall–Kier alpha value is -1.51. The molecule has 1 unspecified atom stereocenters. The molecule has 0 saturated carbocycles. The van der Waals surface area contributed by atoms with Crippen molar-refractivity contribution in [2.24, 2.45) is 5.92 Å². The van der Waals surface area contributed by atoms with Crippen molar-refractivity contribution in [1.82, 2.24) is 5.32 Å². The molecule has 0 spiro atoms. The molecule has 1 amide bonds. The van der Waals surface area contributed by atoms with Gasteiger partial charge in [0.1, 0.15) is 5.75 Å². The van der Waals surface area contributed by atoms with E-state index < -0.39 is 0 Å². The molecule has 1 N–H and O–H groups in total. The number of rotatable bonds is 3. The summed E-state index contributed by atoms with van der Waals surface area (Å²) in [7, 11) is 0. The molecule has 1 aliphatic rings. The molecule has 0 aromatic heterocycles. The van der Waals surface area contributed by atoms with Crippen LogP contribution in [0.1, 0.15) is 6.42 Å². The Morgan fingerprint density at radius 1 is 1.36 bits per heavy atom. The predicted molar refractivity (Wildman–Crippen MR) is 53.1 cm³/mol. The average Bonchev–Trinajstić information content (AvgIpc) is 2.63. The summed E-state index contributed by atoms with van der Waals surface area (Å²) in [6, 6.07) is 9.67. The second-order valence-corrected chi connectivity index (χ2v) is 3.50. The fraction of sp³-hybridized carbons (Fsp3) is 0.364. The minimum absolute atomic E-state index is 0.131. The second-order valence-electron chi connectivity index (χ2n) is 3.50. The maximum atomic E-state index is 10.9. The van der Waals surface area contributed by atoms with Crippen LogP contribution in [0.15, 0.2) is 30.3 Å². The van der Waals surface area contributed by atoms with Crippen LogP contribution >= 0.6 is 0 Å². The smallest absolute Gasteiger partial charge is 0.220 e. The van der Waals surface area contributed by atoms with Gasteiger partial charge in [0, 0.05) is 18.9 Å². The number of hydrogen-bond donors (Lipinski definition) is 1. The van der Waals surface area contributed by atoms with E-state index in [1.54, 1.807) is 0 Å². The fourth-order valence-corrected chi connectivity index (χ4v) is 1.51. The third kappa shape index (κ3) is 2.25. The van der Waals surface area contributed by atoms with Crippen molar-refractivity contribution in [2.75, 3.05) is 13.2 Å². The number of ether oxygens (including phenoxy) is 1. The van der Waals surface area contributed by atoms with Crippen molar-refractivity contribution in [1.29, 1.82) is 0 Å². The molecule has 1 aliphatic heterocycles. The van der Waals surface area contributed by atoms with Gasteiger partial charge in [0.25, 0.3) is 0 Å². The monoisotopic (exact) mass is 191 g/mol. The van der Waals surface area contributed by atoms with Crippen LogP contribution in [-0.2, 0) is 4.79 Å². The zero-order valence-corrected chi connectivity index (χ0v) is 7.90. The Balaban J connectivity index is 1.80. The molecular formula is C11H13NO2. The maximum Gasteiger partial charge on any atom is 0.220 e. The lowest BCUT2D eigenvalue weighted by atomic mass is 10.1. The van der Waals surface area contributed by atoms with Gasteiger partial charge in [-0.1, -0.05) is 18.2 Å². The summed E-state index contributed by atoms with van der Waals surface area (Å²) in [4.78, 5) is 10.9. The molecule has 1 aromatic rings. The summed E-state index contributed by atoms with van der Waals surface area (Å²) in [5.41, 5.74) is 0. The van der Waals surface area contributed by atoms with Gasteiger partial charge in [0.05, 0.1) is 6.61 Å². The van der Waals surface area contributed by atoms with E-state index in [0.29, 0.717) is 18.9 Å². The van der Waals surface area contributed by atoms with Crippen molar-refractivity contribution < 1.29 is 9.53 Å². The SMILES string of the molecule is O=C1CC(COc2ccccc2)CN1. The molecule has 74 valence electrons. The van der Waals surface area contributed by atoms with Crippen LogP contribution < -0.4 is 10.1 Å². The quantitative estimate of drug-likeness (QED) is 0.779. The van der Waals surface area contributed by atoms with Crippen LogP contribution in [0, 0.1) is 5.92 Å². The van der Waals surface area contributed by atoms with E-state index in [4.69, 9.17) is 4.74 Å². The molecule has 0 radical (unpaired) electrons. The maximum absolute atomic E-state index is 10.9. The molecule has 1 saturated heterocycles. The Kier molecular flexibility index (Phi) is 2.68. The van der Waals surface area contributed by atoms with Crippen molar-refractivity contribution in [3.8, 4) is 5.75 Å². The molecule has 1 heterocycles. The van der Waals surface area contributed by atoms with Gasteiger partial charge >= 0.3 is 0 Å². The highest BCUT2D eigenvalue weighted by atomic mass is 16.5. The summed E-state index contributed by atoms with van der Waals surface area (Å²) in [5, 5.41) is 2.79. The van der Waals surface area contributed by atoms with E-state index in [1.165, 1.54) is 0 Å². The van der Waals surface area contributed by atoms with Crippen LogP contribution in [0.4, 0.5) is 0 Å². The Labute approximate surface area is 83.1 Å². The standard InChI is InChI=1S/C11H13NO2/c13-11-6-9(7-12-11)8-14-10-4-2-1-3-5-10/h1-5,9H,6-8H2,(H,12,13). The average molecular weight is 191 g/mol. The first-order chi connectivity index (χ1) is 6.84. The molecular weight excluding hydrogens is 178 g/mol. The number of para-hydroxylation sites is 1. The number of amides is 1. The fourth-order valence-electron chi connectivity index (χ4n) is 1.51. The van der Waals surface area contributed by atoms with Gasteiger partial charge in [-0.3, -0.25) is 4.79 Å². The predicted octanol–water partition coefficient (Wildman–Crippen LogP) is 1.20. The van der Waals surface area contributed by atoms with Crippen molar-refractivity contribution in [3.05, 3.63) is 30.3 Å². The summed E-state index contributed by atoms with van der Waals surface area (Å²) in [5.74, 6) is 1.32. The van der Waals surface area contributed by atoms with Crippen LogP contribution in [0.3, 0.4) is 0 Å². The molecule has 1 aromatic carbocycles. The molecule has 3 nitrogen and oxygen atoms in total. The van der Waals surface area contributed by atoms with Gasteiger partial charge in [-0.2, -0.15) is 0 Å². The lowest BCUT2D eigenvalue weighted by Crippen LogP contribution is -2.16. The van der Waals surface area contributed by atoms with E-state index in [-0.39, 0.29) is 5.91 Å². The summed E-state index contributed by atoms with van der Waals surface area (Å²) in [6.45, 7) is 1.36. The summed E-state index contributed by atoms with van der Waals surface area (Å²) >= 11 is 0. The lowest BCUT2D eigenvalue weighted by Gasteiger charge is -2.09. The zero-order chi connectivity index (χ0) is 9.80. The molecule has 2 rings (SSSR count). The third-order valence-electron chi connectivity index (χ3n) is 2.29. The number of hydrogen-bond acceptors (Lipinski definition) is 2. The molecule has 0 aliphatic carbocycles. The molecule has 3 heteroatoms. The van der Waals surface area contributed by atoms with Crippen LogP contribution in [0.5, 0.6) is 5.75 Å². The van der Waals surface area contributed by atoms with E-state index in [2.05, 4.69) is 5.32 Å². The normalized spacial score (nSPS) is 20.6. The number of benzene rings is 1. The Morgan fingerprint density at radius 2 is 2.14 bits per heavy atom. The van der Waals surface area contributed by atoms with Crippen LogP contribution in [0.2, 0.25) is 0 Å². The van der Waals surface area contributed by atoms with Gasteiger partial charge in [0.2, 0.25) is 5.91 Å². The summed E-state index contributed by atoms with van der Waals surface area (Å²) in [6.07, 6.45) is 0.590. The number of carbonyl (C=O) groups excluding carboxylic acids is 1. The van der Waals surface area contributed by atoms with Gasteiger partial charge in [0.15, 0.2) is 0 Å². The van der Waals surface area contributed by atoms with Gasteiger partial charge in [-0.05, 0) is 12.1 Å². The molecule has 1 fully saturated rings. The lowest BCUT2D eigenvalue weighted by molar-refractivity contribution is -0.119. The van der Waals surface area contributed by atoms with E-state index in [0.717, 1.165) is 12.3 Å². The third-order valence-corrected chi connectivity index (χ3v) is 2.29. The van der Waals surface area contributed by atoms with Crippen LogP contribution in [0.25, 0.3) is 0 Å². The number of carbonyl (C=O) groups is 1. The van der Waals surface area contributed by atoms with Gasteiger partial charge < -0.3 is 10.1 Å². The van der Waals surface area contributed by atoms with Gasteiger partial charge in [-0.15, -0.1) is 0 Å². The highest BCUT2D eigenvalue weighted by molar-refractivity contribution is 5.78. The van der Waals surface area contributed by atoms with Gasteiger partial charge in [-0.25, -0.2) is 0 Å². The minimum atomic E-state index is 0.131. The first kappa shape index (κ1) is 9.06. The highest BCUT2D eigenvalue weighted by Crippen LogP contribution is 2.13. The second kappa shape index (κ2) is 4.13. The van der Waals surface area contributed by atoms with E-state index >= 15 is 0 Å². The summed E-state index contributed by atoms with van der Waals surface area (Å²) < 4.78 is 5.55. The van der Waals surface area contributed by atoms with E-state index in [9.17, 15) is 4.79 Å². The van der Waals surface area contributed by atoms with Crippen molar-refractivity contribution in [3.63, 3.8) is 0 Å². The largest absolute Gasteiger partial charge is 0.493 e. The Bertz CT molecular complexity index is 310. The Morgan fingerprint density at radius 3 is 2.79 bits per heavy atom. The van der Waals surface area contributed by atoms with Crippen LogP contribution in [-0.4, -0.2) is 19.1 Å². The highest BCUT2D eigenvalue weighted by Gasteiger charge is 2.21. The molecule has 0 bridgehead atoms. The first-order valence-corrected chi connectivity index (χ1v) is 4.79. The zero-order valence-electron chi connectivity index (χ0n) is 7.90. The molecule has 14 heavy (non-hydrogen) atoms.